The molecule has 160 valence electrons. The van der Waals surface area contributed by atoms with Gasteiger partial charge in [-0.3, -0.25) is 19.3 Å². The zero-order chi connectivity index (χ0) is 21.5. The molecule has 0 spiro atoms. The molecule has 2 aromatic rings. The Balaban J connectivity index is 1.37. The molecule has 1 aliphatic rings. The number of rotatable bonds is 7. The van der Waals surface area contributed by atoms with Crippen molar-refractivity contribution in [2.24, 2.45) is 0 Å². The molecule has 2 heterocycles. The summed E-state index contributed by atoms with van der Waals surface area (Å²) >= 11 is 0. The molecule has 0 bridgehead atoms. The Labute approximate surface area is 176 Å². The fourth-order valence-electron chi connectivity index (χ4n) is 3.49. The van der Waals surface area contributed by atoms with Gasteiger partial charge < -0.3 is 20.0 Å². The number of piperazine rings is 1. The average Bonchev–Trinajstić information content (AvgIpc) is 3.26. The molecule has 1 aromatic carbocycles. The van der Waals surface area contributed by atoms with Crippen LogP contribution in [-0.2, 0) is 9.59 Å². The molecule has 0 unspecified atom stereocenters. The molecule has 3 amide bonds. The van der Waals surface area contributed by atoms with Crippen molar-refractivity contribution < 1.29 is 18.8 Å². The van der Waals surface area contributed by atoms with E-state index in [1.54, 1.807) is 11.0 Å². The number of hydrogen-bond acceptors (Lipinski definition) is 5. The van der Waals surface area contributed by atoms with Gasteiger partial charge >= 0.3 is 0 Å². The standard InChI is InChI=1S/C22H28N4O4/c1-16-4-3-5-17(2)21(16)24-19(27)14-25-9-11-26(12-10-25)20(28)6-8-23-22(29)18-7-13-30-15-18/h3-5,7,13,15H,6,8-12,14H2,1-2H3,(H,23,29)(H,24,27). The smallest absolute Gasteiger partial charge is 0.254 e. The van der Waals surface area contributed by atoms with E-state index >= 15 is 0 Å². The summed E-state index contributed by atoms with van der Waals surface area (Å²) < 4.78 is 4.87. The first-order chi connectivity index (χ1) is 14.4. The van der Waals surface area contributed by atoms with E-state index < -0.39 is 0 Å². The quantitative estimate of drug-likeness (QED) is 0.723. The molecule has 2 N–H and O–H groups in total. The maximum Gasteiger partial charge on any atom is 0.254 e. The predicted octanol–water partition coefficient (Wildman–Crippen LogP) is 1.80. The van der Waals surface area contributed by atoms with Crippen LogP contribution >= 0.6 is 0 Å². The minimum absolute atomic E-state index is 0.00197. The Bertz CT molecular complexity index is 866. The van der Waals surface area contributed by atoms with Crippen molar-refractivity contribution in [2.45, 2.75) is 20.3 Å². The Morgan fingerprint density at radius 1 is 1.03 bits per heavy atom. The van der Waals surface area contributed by atoms with Crippen LogP contribution in [0.15, 0.2) is 41.2 Å². The van der Waals surface area contributed by atoms with Crippen LogP contribution in [0.4, 0.5) is 5.69 Å². The molecule has 3 rings (SSSR count). The minimum atomic E-state index is -0.253. The van der Waals surface area contributed by atoms with Gasteiger partial charge in [-0.05, 0) is 31.0 Å². The van der Waals surface area contributed by atoms with Crippen molar-refractivity contribution in [3.63, 3.8) is 0 Å². The first-order valence-electron chi connectivity index (χ1n) is 10.1. The lowest BCUT2D eigenvalue weighted by molar-refractivity contribution is -0.132. The number of benzene rings is 1. The summed E-state index contributed by atoms with van der Waals surface area (Å²) in [5.74, 6) is -0.299. The molecule has 30 heavy (non-hydrogen) atoms. The lowest BCUT2D eigenvalue weighted by atomic mass is 10.1. The van der Waals surface area contributed by atoms with Crippen LogP contribution in [0.3, 0.4) is 0 Å². The van der Waals surface area contributed by atoms with E-state index in [0.29, 0.717) is 38.3 Å². The number of hydrogen-bond donors (Lipinski definition) is 2. The predicted molar refractivity (Wildman–Crippen MR) is 113 cm³/mol. The zero-order valence-electron chi connectivity index (χ0n) is 17.4. The van der Waals surface area contributed by atoms with E-state index in [2.05, 4.69) is 10.6 Å². The topological polar surface area (TPSA) is 94.9 Å². The molecule has 0 radical (unpaired) electrons. The van der Waals surface area contributed by atoms with E-state index in [9.17, 15) is 14.4 Å². The molecular formula is C22H28N4O4. The van der Waals surface area contributed by atoms with Gasteiger partial charge in [-0.25, -0.2) is 0 Å². The fourth-order valence-corrected chi connectivity index (χ4v) is 3.49. The normalized spacial score (nSPS) is 14.4. The highest BCUT2D eigenvalue weighted by Gasteiger charge is 2.22. The van der Waals surface area contributed by atoms with Gasteiger partial charge in [0.1, 0.15) is 6.26 Å². The van der Waals surface area contributed by atoms with Gasteiger partial charge in [-0.15, -0.1) is 0 Å². The number of amides is 3. The van der Waals surface area contributed by atoms with E-state index in [-0.39, 0.29) is 30.7 Å². The van der Waals surface area contributed by atoms with Crippen molar-refractivity contribution in [3.05, 3.63) is 53.5 Å². The highest BCUT2D eigenvalue weighted by Crippen LogP contribution is 2.19. The average molecular weight is 412 g/mol. The maximum atomic E-state index is 12.4. The largest absolute Gasteiger partial charge is 0.472 e. The summed E-state index contributed by atoms with van der Waals surface area (Å²) in [5.41, 5.74) is 3.39. The van der Waals surface area contributed by atoms with Crippen molar-refractivity contribution >= 4 is 23.4 Å². The van der Waals surface area contributed by atoms with Crippen LogP contribution < -0.4 is 10.6 Å². The summed E-state index contributed by atoms with van der Waals surface area (Å²) in [6.45, 7) is 6.98. The Morgan fingerprint density at radius 2 is 1.73 bits per heavy atom. The third kappa shape index (κ3) is 5.70. The van der Waals surface area contributed by atoms with Crippen LogP contribution in [0.5, 0.6) is 0 Å². The Kier molecular flexibility index (Phi) is 7.24. The first-order valence-corrected chi connectivity index (χ1v) is 10.1. The van der Waals surface area contributed by atoms with Gasteiger partial charge in [-0.1, -0.05) is 18.2 Å². The second-order valence-corrected chi connectivity index (χ2v) is 7.49. The number of nitrogens with one attached hydrogen (secondary N) is 2. The van der Waals surface area contributed by atoms with Crippen LogP contribution in [0, 0.1) is 13.8 Å². The molecule has 1 fully saturated rings. The molecular weight excluding hydrogens is 384 g/mol. The van der Waals surface area contributed by atoms with Gasteiger partial charge in [0, 0.05) is 44.8 Å². The fraction of sp³-hybridized carbons (Fsp3) is 0.409. The van der Waals surface area contributed by atoms with Gasteiger partial charge in [0.15, 0.2) is 0 Å². The second-order valence-electron chi connectivity index (χ2n) is 7.49. The number of anilines is 1. The molecule has 0 saturated carbocycles. The van der Waals surface area contributed by atoms with E-state index in [1.165, 1.54) is 12.5 Å². The second kappa shape index (κ2) is 10.1. The molecule has 8 nitrogen and oxygen atoms in total. The molecule has 0 atom stereocenters. The summed E-state index contributed by atoms with van der Waals surface area (Å²) in [6, 6.07) is 7.50. The number of carbonyl (C=O) groups is 3. The summed E-state index contributed by atoms with van der Waals surface area (Å²) in [5, 5.41) is 5.71. The first kappa shape index (κ1) is 21.6. The third-order valence-electron chi connectivity index (χ3n) is 5.25. The van der Waals surface area contributed by atoms with Crippen LogP contribution in [0.2, 0.25) is 0 Å². The highest BCUT2D eigenvalue weighted by molar-refractivity contribution is 5.94. The van der Waals surface area contributed by atoms with E-state index in [0.717, 1.165) is 16.8 Å². The van der Waals surface area contributed by atoms with Crippen LogP contribution in [0.1, 0.15) is 27.9 Å². The number of aryl methyl sites for hydroxylation is 2. The van der Waals surface area contributed by atoms with Crippen molar-refractivity contribution in [1.29, 1.82) is 0 Å². The number of furan rings is 1. The molecule has 1 aromatic heterocycles. The van der Waals surface area contributed by atoms with Crippen LogP contribution in [-0.4, -0.2) is 66.8 Å². The number of nitrogens with zero attached hydrogens (tertiary/aromatic N) is 2. The van der Waals surface area contributed by atoms with Crippen molar-refractivity contribution in [3.8, 4) is 0 Å². The Morgan fingerprint density at radius 3 is 2.37 bits per heavy atom. The van der Waals surface area contributed by atoms with Gasteiger partial charge in [0.2, 0.25) is 11.8 Å². The van der Waals surface area contributed by atoms with E-state index in [4.69, 9.17) is 4.42 Å². The number of carbonyl (C=O) groups excluding carboxylic acids is 3. The third-order valence-corrected chi connectivity index (χ3v) is 5.25. The number of para-hydroxylation sites is 1. The lowest BCUT2D eigenvalue weighted by Gasteiger charge is -2.34. The highest BCUT2D eigenvalue weighted by atomic mass is 16.3. The molecule has 0 aliphatic carbocycles. The zero-order valence-corrected chi connectivity index (χ0v) is 17.4. The lowest BCUT2D eigenvalue weighted by Crippen LogP contribution is -2.50. The SMILES string of the molecule is Cc1cccc(C)c1NC(=O)CN1CCN(C(=O)CCNC(=O)c2ccoc2)CC1. The van der Waals surface area contributed by atoms with Crippen molar-refractivity contribution in [2.75, 3.05) is 44.6 Å². The van der Waals surface area contributed by atoms with Crippen molar-refractivity contribution in [1.82, 2.24) is 15.1 Å². The Hall–Kier alpha value is -3.13. The maximum absolute atomic E-state index is 12.4. The van der Waals surface area contributed by atoms with Gasteiger partial charge in [0.25, 0.3) is 5.91 Å². The summed E-state index contributed by atoms with van der Waals surface area (Å²) in [6.07, 6.45) is 3.05. The monoisotopic (exact) mass is 412 g/mol. The minimum Gasteiger partial charge on any atom is -0.472 e. The summed E-state index contributed by atoms with van der Waals surface area (Å²) in [4.78, 5) is 40.5. The van der Waals surface area contributed by atoms with Gasteiger partial charge in [0.05, 0.1) is 18.4 Å². The molecule has 1 saturated heterocycles. The van der Waals surface area contributed by atoms with E-state index in [1.807, 2.05) is 36.9 Å². The van der Waals surface area contributed by atoms with Gasteiger partial charge in [-0.2, -0.15) is 0 Å². The summed E-state index contributed by atoms with van der Waals surface area (Å²) in [7, 11) is 0. The molecule has 8 heteroatoms. The molecule has 1 aliphatic heterocycles. The van der Waals surface area contributed by atoms with Crippen LogP contribution in [0.25, 0.3) is 0 Å².